The molecule has 3 aromatic heterocycles. The van der Waals surface area contributed by atoms with Crippen LogP contribution in [0.25, 0.3) is 10.8 Å². The monoisotopic (exact) mass is 275 g/mol. The summed E-state index contributed by atoms with van der Waals surface area (Å²) >= 11 is 1.56. The van der Waals surface area contributed by atoms with E-state index in [1.807, 2.05) is 30.8 Å². The molecule has 7 heteroatoms. The minimum atomic E-state index is 0.619. The van der Waals surface area contributed by atoms with Gasteiger partial charge < -0.3 is 9.73 Å². The first-order valence-corrected chi connectivity index (χ1v) is 6.75. The lowest BCUT2D eigenvalue weighted by Crippen LogP contribution is -2.05. The average Bonchev–Trinajstić information content (AvgIpc) is 3.10. The summed E-state index contributed by atoms with van der Waals surface area (Å²) in [5.74, 6) is 0.797. The zero-order valence-corrected chi connectivity index (χ0v) is 11.2. The number of nitrogens with one attached hydrogen (secondary N) is 1. The molecule has 6 nitrogen and oxygen atoms in total. The highest BCUT2D eigenvalue weighted by atomic mass is 32.1. The Hall–Kier alpha value is -1.99. The van der Waals surface area contributed by atoms with E-state index in [-0.39, 0.29) is 0 Å². The summed E-state index contributed by atoms with van der Waals surface area (Å²) in [5, 5.41) is 14.1. The molecule has 0 unspecified atom stereocenters. The topological polar surface area (TPSA) is 68.8 Å². The van der Waals surface area contributed by atoms with Crippen LogP contribution in [-0.4, -0.2) is 27.0 Å². The van der Waals surface area contributed by atoms with Crippen LogP contribution < -0.4 is 5.32 Å². The molecule has 1 N–H and O–H groups in total. The summed E-state index contributed by atoms with van der Waals surface area (Å²) in [6.07, 6.45) is 3.57. The zero-order chi connectivity index (χ0) is 13.1. The van der Waals surface area contributed by atoms with Crippen molar-refractivity contribution in [2.75, 3.05) is 7.05 Å². The quantitative estimate of drug-likeness (QED) is 0.768. The second-order valence-corrected chi connectivity index (χ2v) is 4.92. The fourth-order valence-electron chi connectivity index (χ4n) is 1.74. The van der Waals surface area contributed by atoms with Gasteiger partial charge in [0.15, 0.2) is 10.8 Å². The maximum absolute atomic E-state index is 5.32. The smallest absolute Gasteiger partial charge is 0.162 e. The van der Waals surface area contributed by atoms with Crippen LogP contribution in [-0.2, 0) is 13.1 Å². The van der Waals surface area contributed by atoms with Crippen molar-refractivity contribution in [3.63, 3.8) is 0 Å². The number of rotatable bonds is 5. The van der Waals surface area contributed by atoms with E-state index in [0.717, 1.165) is 22.2 Å². The molecular weight excluding hydrogens is 262 g/mol. The van der Waals surface area contributed by atoms with E-state index in [4.69, 9.17) is 4.42 Å². The van der Waals surface area contributed by atoms with Gasteiger partial charge in [0.1, 0.15) is 0 Å². The molecule has 0 aliphatic rings. The van der Waals surface area contributed by atoms with Crippen LogP contribution in [0.1, 0.15) is 11.4 Å². The summed E-state index contributed by atoms with van der Waals surface area (Å²) in [6, 6.07) is 3.76. The van der Waals surface area contributed by atoms with Crippen LogP contribution >= 0.6 is 11.3 Å². The van der Waals surface area contributed by atoms with Gasteiger partial charge in [0.25, 0.3) is 0 Å². The van der Waals surface area contributed by atoms with Crippen molar-refractivity contribution < 1.29 is 4.42 Å². The number of thiazole rings is 1. The lowest BCUT2D eigenvalue weighted by atomic mass is 10.4. The third kappa shape index (κ3) is 2.72. The van der Waals surface area contributed by atoms with Crippen LogP contribution in [0.3, 0.4) is 0 Å². The van der Waals surface area contributed by atoms with Crippen molar-refractivity contribution in [2.45, 2.75) is 13.1 Å². The third-order valence-electron chi connectivity index (χ3n) is 2.55. The maximum atomic E-state index is 5.32. The number of hydrogen-bond donors (Lipinski definition) is 1. The zero-order valence-electron chi connectivity index (χ0n) is 10.4. The minimum absolute atomic E-state index is 0.619. The van der Waals surface area contributed by atoms with Crippen molar-refractivity contribution >= 4 is 11.3 Å². The predicted molar refractivity (Wildman–Crippen MR) is 71.7 cm³/mol. The van der Waals surface area contributed by atoms with E-state index in [1.54, 1.807) is 22.3 Å². The summed E-state index contributed by atoms with van der Waals surface area (Å²) < 4.78 is 7.11. The Kier molecular flexibility index (Phi) is 3.39. The van der Waals surface area contributed by atoms with Crippen molar-refractivity contribution in [3.8, 4) is 10.8 Å². The normalized spacial score (nSPS) is 11.0. The fourth-order valence-corrected chi connectivity index (χ4v) is 2.51. The first-order valence-electron chi connectivity index (χ1n) is 5.87. The van der Waals surface area contributed by atoms with Crippen LogP contribution in [0.5, 0.6) is 0 Å². The summed E-state index contributed by atoms with van der Waals surface area (Å²) in [4.78, 5) is 4.52. The van der Waals surface area contributed by atoms with Gasteiger partial charge in [-0.3, -0.25) is 0 Å². The van der Waals surface area contributed by atoms with E-state index in [9.17, 15) is 0 Å². The first-order chi connectivity index (χ1) is 9.35. The van der Waals surface area contributed by atoms with Gasteiger partial charge in [-0.2, -0.15) is 0 Å². The van der Waals surface area contributed by atoms with Gasteiger partial charge in [0.2, 0.25) is 0 Å². The molecule has 0 saturated heterocycles. The van der Waals surface area contributed by atoms with Crippen LogP contribution in [0.2, 0.25) is 0 Å². The standard InChI is InChI=1S/C12H13N5OS/c1-13-5-9-6-17(16-15-9)7-10-8-19-12(14-10)11-3-2-4-18-11/h2-4,6,8,13H,5,7H2,1H3. The van der Waals surface area contributed by atoms with E-state index in [2.05, 4.69) is 20.6 Å². The fraction of sp³-hybridized carbons (Fsp3) is 0.250. The summed E-state index contributed by atoms with van der Waals surface area (Å²) in [5.41, 5.74) is 1.88. The van der Waals surface area contributed by atoms with Crippen molar-refractivity contribution in [3.05, 3.63) is 41.4 Å². The van der Waals surface area contributed by atoms with Gasteiger partial charge in [0, 0.05) is 11.9 Å². The molecule has 0 saturated carbocycles. The highest BCUT2D eigenvalue weighted by Gasteiger charge is 2.08. The van der Waals surface area contributed by atoms with E-state index in [0.29, 0.717) is 13.1 Å². The number of hydrogen-bond acceptors (Lipinski definition) is 6. The van der Waals surface area contributed by atoms with Crippen LogP contribution in [0.15, 0.2) is 34.4 Å². The van der Waals surface area contributed by atoms with Gasteiger partial charge in [-0.25, -0.2) is 9.67 Å². The molecule has 3 aromatic rings. The molecule has 0 fully saturated rings. The van der Waals surface area contributed by atoms with E-state index < -0.39 is 0 Å². The molecule has 3 rings (SSSR count). The Morgan fingerprint density at radius 3 is 3.16 bits per heavy atom. The molecular formula is C12H13N5OS. The predicted octanol–water partition coefficient (Wildman–Crippen LogP) is 1.76. The summed E-state index contributed by atoms with van der Waals surface area (Å²) in [6.45, 7) is 1.34. The van der Waals surface area contributed by atoms with Gasteiger partial charge >= 0.3 is 0 Å². The third-order valence-corrected chi connectivity index (χ3v) is 3.46. The molecule has 98 valence electrons. The molecule has 0 aliphatic carbocycles. The highest BCUT2D eigenvalue weighted by molar-refractivity contribution is 7.13. The lowest BCUT2D eigenvalue weighted by Gasteiger charge is -1.95. The molecule has 19 heavy (non-hydrogen) atoms. The maximum Gasteiger partial charge on any atom is 0.162 e. The van der Waals surface area contributed by atoms with Gasteiger partial charge in [-0.05, 0) is 19.2 Å². The first kappa shape index (κ1) is 12.1. The largest absolute Gasteiger partial charge is 0.462 e. The second-order valence-electron chi connectivity index (χ2n) is 4.06. The Balaban J connectivity index is 1.72. The molecule has 0 aromatic carbocycles. The van der Waals surface area contributed by atoms with Crippen LogP contribution in [0.4, 0.5) is 0 Å². The molecule has 3 heterocycles. The highest BCUT2D eigenvalue weighted by Crippen LogP contribution is 2.24. The second kappa shape index (κ2) is 5.33. The number of aromatic nitrogens is 4. The Morgan fingerprint density at radius 1 is 1.42 bits per heavy atom. The molecule has 0 aliphatic heterocycles. The Labute approximate surface area is 114 Å². The minimum Gasteiger partial charge on any atom is -0.462 e. The summed E-state index contributed by atoms with van der Waals surface area (Å²) in [7, 11) is 1.88. The Morgan fingerprint density at radius 2 is 2.37 bits per heavy atom. The molecule has 0 amide bonds. The molecule has 0 spiro atoms. The van der Waals surface area contributed by atoms with Crippen molar-refractivity contribution in [1.29, 1.82) is 0 Å². The molecule has 0 atom stereocenters. The lowest BCUT2D eigenvalue weighted by molar-refractivity contribution is 0.581. The number of nitrogens with zero attached hydrogens (tertiary/aromatic N) is 4. The molecule has 0 bridgehead atoms. The van der Waals surface area contributed by atoms with Crippen LogP contribution in [0, 0.1) is 0 Å². The van der Waals surface area contributed by atoms with Gasteiger partial charge in [0.05, 0.1) is 30.4 Å². The van der Waals surface area contributed by atoms with Crippen molar-refractivity contribution in [1.82, 2.24) is 25.3 Å². The van der Waals surface area contributed by atoms with E-state index in [1.165, 1.54) is 0 Å². The molecule has 0 radical (unpaired) electrons. The van der Waals surface area contributed by atoms with Gasteiger partial charge in [-0.15, -0.1) is 16.4 Å². The van der Waals surface area contributed by atoms with Gasteiger partial charge in [-0.1, -0.05) is 5.21 Å². The Bertz CT molecular complexity index is 643. The average molecular weight is 275 g/mol. The number of furan rings is 1. The SMILES string of the molecule is CNCc1cn(Cc2csc(-c3ccco3)n2)nn1. The van der Waals surface area contributed by atoms with Crippen molar-refractivity contribution in [2.24, 2.45) is 0 Å². The van der Waals surface area contributed by atoms with E-state index >= 15 is 0 Å².